The summed E-state index contributed by atoms with van der Waals surface area (Å²) in [6.45, 7) is -1.47. The number of aromatic nitrogens is 6. The Morgan fingerprint density at radius 1 is 0.814 bits per heavy atom. The first-order valence-corrected chi connectivity index (χ1v) is 15.8. The van der Waals surface area contributed by atoms with E-state index in [1.807, 2.05) is 0 Å². The molecule has 0 saturated carbocycles. The Kier molecular flexibility index (Phi) is 7.13. The van der Waals surface area contributed by atoms with Crippen molar-refractivity contribution in [2.75, 3.05) is 18.9 Å². The fourth-order valence-electron chi connectivity index (χ4n) is 5.37. The van der Waals surface area contributed by atoms with E-state index in [1.165, 1.54) is 28.1 Å². The molecule has 0 aliphatic carbocycles. The number of benzene rings is 1. The van der Waals surface area contributed by atoms with E-state index in [-0.39, 0.29) is 17.0 Å². The summed E-state index contributed by atoms with van der Waals surface area (Å²) in [5.41, 5.74) is 7.39. The van der Waals surface area contributed by atoms with Crippen LogP contribution in [-0.2, 0) is 36.7 Å². The summed E-state index contributed by atoms with van der Waals surface area (Å²) in [4.78, 5) is 37.5. The second kappa shape index (κ2) is 10.6. The molecule has 3 saturated heterocycles. The molecule has 43 heavy (non-hydrogen) atoms. The van der Waals surface area contributed by atoms with Gasteiger partial charge in [-0.15, -0.1) is 0 Å². The fraction of sp³-hybridized carbons (Fsp3) is 0.455. The topological polar surface area (TPSA) is 258 Å². The van der Waals surface area contributed by atoms with Crippen molar-refractivity contribution < 1.29 is 56.7 Å². The van der Waals surface area contributed by atoms with Crippen LogP contribution >= 0.6 is 15.6 Å². The van der Waals surface area contributed by atoms with Gasteiger partial charge in [0.05, 0.1) is 36.9 Å². The third-order valence-corrected chi connectivity index (χ3v) is 9.32. The number of phosphoric ester groups is 2. The summed E-state index contributed by atoms with van der Waals surface area (Å²) < 4.78 is 61.6. The Bertz CT molecular complexity index is 1770. The minimum absolute atomic E-state index is 0.0624. The number of nitrogens with two attached hydrogens (primary N) is 1. The predicted molar refractivity (Wildman–Crippen MR) is 141 cm³/mol. The number of nitrogen functional groups attached to an aromatic ring is 1. The van der Waals surface area contributed by atoms with E-state index in [2.05, 4.69) is 19.9 Å². The monoisotopic (exact) mass is 641 g/mol. The maximum Gasteiger partial charge on any atom is 0.472 e. The van der Waals surface area contributed by atoms with E-state index < -0.39 is 77.9 Å². The molecule has 6 heterocycles. The second-order valence-corrected chi connectivity index (χ2v) is 12.8. The molecule has 3 aliphatic rings. The molecule has 0 amide bonds. The molecular weight excluding hydrogens is 616 g/mol. The van der Waals surface area contributed by atoms with Gasteiger partial charge < -0.3 is 39.8 Å². The Balaban J connectivity index is 1.16. The molecule has 1 aromatic carbocycles. The lowest BCUT2D eigenvalue weighted by molar-refractivity contribution is -0.0663. The van der Waals surface area contributed by atoms with Crippen LogP contribution in [0.2, 0.25) is 0 Å². The fourth-order valence-corrected chi connectivity index (χ4v) is 7.30. The molecule has 0 spiro atoms. The number of phosphoric acid groups is 2. The van der Waals surface area contributed by atoms with Gasteiger partial charge in [0.1, 0.15) is 48.5 Å². The van der Waals surface area contributed by atoms with Gasteiger partial charge in [-0.1, -0.05) is 12.1 Å². The first-order chi connectivity index (χ1) is 20.5. The normalized spacial score (nSPS) is 38.9. The van der Waals surface area contributed by atoms with Crippen LogP contribution in [0, 0.1) is 0 Å². The van der Waals surface area contributed by atoms with Crippen LogP contribution in [0.5, 0.6) is 0 Å². The van der Waals surface area contributed by atoms with Gasteiger partial charge in [-0.25, -0.2) is 29.1 Å². The quantitative estimate of drug-likeness (QED) is 0.180. The molecule has 230 valence electrons. The molecule has 6 N–H and O–H groups in total. The average molecular weight is 641 g/mol. The van der Waals surface area contributed by atoms with Crippen molar-refractivity contribution in [1.82, 2.24) is 29.1 Å². The molecule has 0 radical (unpaired) electrons. The largest absolute Gasteiger partial charge is 0.472 e. The molecule has 0 bridgehead atoms. The van der Waals surface area contributed by atoms with Gasteiger partial charge in [0.15, 0.2) is 23.9 Å². The minimum Gasteiger partial charge on any atom is -0.386 e. The smallest absolute Gasteiger partial charge is 0.386 e. The number of rotatable bonds is 2. The number of imidazole rings is 2. The summed E-state index contributed by atoms with van der Waals surface area (Å²) in [6.07, 6.45) is -7.76. The standard InChI is InChI=1S/C22H25N7O12P2/c23-19-14-20(25-7-24-19)29(9-27-14)22-16(31)18-13(39-22)6-37-42(32,33)40-17-12(5-36-43(34,35)41-18)38-21(15(17)30)28-8-26-10-3-1-2-4-11(10)28/h1-4,7-9,12-13,15-18,21-22,30-31H,5-6H2,(H,32,33)(H,34,35)(H2,23,24,25)/t12-,13-,15?,16+,17+,18?,21-,22-/m1/s1. The number of aliphatic hydroxyl groups excluding tert-OH is 2. The van der Waals surface area contributed by atoms with Crippen molar-refractivity contribution in [2.45, 2.75) is 49.1 Å². The molecule has 4 unspecified atom stereocenters. The lowest BCUT2D eigenvalue weighted by Crippen LogP contribution is -2.39. The molecule has 7 rings (SSSR count). The zero-order valence-electron chi connectivity index (χ0n) is 21.8. The lowest BCUT2D eigenvalue weighted by Gasteiger charge is -2.27. The highest BCUT2D eigenvalue weighted by molar-refractivity contribution is 7.47. The number of aliphatic hydroxyl groups is 2. The van der Waals surface area contributed by atoms with Crippen molar-refractivity contribution in [3.05, 3.63) is 43.2 Å². The van der Waals surface area contributed by atoms with Crippen LogP contribution in [0.3, 0.4) is 0 Å². The number of para-hydroxylation sites is 2. The van der Waals surface area contributed by atoms with Crippen LogP contribution in [0.4, 0.5) is 5.82 Å². The van der Waals surface area contributed by atoms with Gasteiger partial charge in [-0.2, -0.15) is 0 Å². The van der Waals surface area contributed by atoms with Crippen molar-refractivity contribution >= 4 is 43.7 Å². The van der Waals surface area contributed by atoms with Crippen molar-refractivity contribution in [3.8, 4) is 0 Å². The molecule has 3 aliphatic heterocycles. The van der Waals surface area contributed by atoms with Crippen LogP contribution in [-0.4, -0.2) is 98.9 Å². The molecule has 3 fully saturated rings. The highest BCUT2D eigenvalue weighted by Gasteiger charge is 2.53. The van der Waals surface area contributed by atoms with Crippen LogP contribution < -0.4 is 5.73 Å². The summed E-state index contributed by atoms with van der Waals surface area (Å²) in [5.74, 6) is 0.0624. The molecule has 10 atom stereocenters. The number of hydrogen-bond acceptors (Lipinski definition) is 15. The maximum atomic E-state index is 13.1. The first-order valence-electron chi connectivity index (χ1n) is 12.8. The Morgan fingerprint density at radius 2 is 1.40 bits per heavy atom. The minimum atomic E-state index is -4.96. The van der Waals surface area contributed by atoms with Crippen LogP contribution in [0.15, 0.2) is 43.2 Å². The number of nitrogens with zero attached hydrogens (tertiary/aromatic N) is 6. The van der Waals surface area contributed by atoms with E-state index in [9.17, 15) is 29.1 Å². The SMILES string of the molecule is Nc1ncnc2c1ncn2[C@@H]1O[C@@H]2COP(=O)(O)O[C@@H]3C(O)[C@H](n4cnc5ccccc54)O[C@@H]3COP(=O)(O)OC2[C@@H]1O. The van der Waals surface area contributed by atoms with Gasteiger partial charge in [0.25, 0.3) is 0 Å². The highest BCUT2D eigenvalue weighted by atomic mass is 31.2. The summed E-state index contributed by atoms with van der Waals surface area (Å²) in [6, 6.07) is 6.98. The summed E-state index contributed by atoms with van der Waals surface area (Å²) >= 11 is 0. The molecule has 19 nitrogen and oxygen atoms in total. The number of fused-ring (bicyclic) bond motifs is 4. The van der Waals surface area contributed by atoms with Crippen molar-refractivity contribution in [3.63, 3.8) is 0 Å². The van der Waals surface area contributed by atoms with Crippen molar-refractivity contribution in [1.29, 1.82) is 0 Å². The molecule has 4 aromatic rings. The Labute approximate surface area is 240 Å². The Hall–Kier alpha value is -2.90. The van der Waals surface area contributed by atoms with E-state index >= 15 is 0 Å². The van der Waals surface area contributed by atoms with Crippen LogP contribution in [0.1, 0.15) is 12.5 Å². The average Bonchev–Trinajstić information content (AvgIpc) is 3.72. The highest BCUT2D eigenvalue weighted by Crippen LogP contribution is 2.53. The molecular formula is C22H25N7O12P2. The third-order valence-electron chi connectivity index (χ3n) is 7.35. The van der Waals surface area contributed by atoms with E-state index in [1.54, 1.807) is 24.3 Å². The van der Waals surface area contributed by atoms with E-state index in [4.69, 9.17) is 33.3 Å². The predicted octanol–water partition coefficient (Wildman–Crippen LogP) is -0.00700. The number of ether oxygens (including phenoxy) is 2. The van der Waals surface area contributed by atoms with E-state index in [0.29, 0.717) is 11.0 Å². The van der Waals surface area contributed by atoms with Crippen LogP contribution in [0.25, 0.3) is 22.2 Å². The van der Waals surface area contributed by atoms with E-state index in [0.717, 1.165) is 0 Å². The first kappa shape index (κ1) is 28.8. The zero-order valence-corrected chi connectivity index (χ0v) is 23.6. The van der Waals surface area contributed by atoms with Gasteiger partial charge in [-0.05, 0) is 12.1 Å². The van der Waals surface area contributed by atoms with Gasteiger partial charge in [-0.3, -0.25) is 22.7 Å². The number of anilines is 1. The third kappa shape index (κ3) is 5.16. The Morgan fingerprint density at radius 3 is 2.05 bits per heavy atom. The number of hydrogen-bond donors (Lipinski definition) is 5. The van der Waals surface area contributed by atoms with Crippen molar-refractivity contribution in [2.24, 2.45) is 0 Å². The summed E-state index contributed by atoms with van der Waals surface area (Å²) in [5, 5.41) is 22.2. The van der Waals surface area contributed by atoms with Gasteiger partial charge >= 0.3 is 15.6 Å². The van der Waals surface area contributed by atoms with Gasteiger partial charge in [0, 0.05) is 0 Å². The zero-order chi connectivity index (χ0) is 30.1. The van der Waals surface area contributed by atoms with Gasteiger partial charge in [0.2, 0.25) is 0 Å². The summed E-state index contributed by atoms with van der Waals surface area (Å²) in [7, 11) is -9.91. The maximum absolute atomic E-state index is 13.1. The molecule has 21 heteroatoms. The second-order valence-electron chi connectivity index (χ2n) is 10.0. The molecule has 3 aromatic heterocycles. The lowest BCUT2D eigenvalue weighted by atomic mass is 10.1.